The van der Waals surface area contributed by atoms with Gasteiger partial charge in [-0.3, -0.25) is 4.79 Å². The van der Waals surface area contributed by atoms with E-state index in [4.69, 9.17) is 5.11 Å². The predicted octanol–water partition coefficient (Wildman–Crippen LogP) is 0.273. The Kier molecular flexibility index (Phi) is 4.16. The van der Waals surface area contributed by atoms with Crippen LogP contribution >= 0.6 is 0 Å². The molecule has 7 heteroatoms. The summed E-state index contributed by atoms with van der Waals surface area (Å²) in [6.45, 7) is 6.06. The molecule has 0 aromatic heterocycles. The van der Waals surface area contributed by atoms with E-state index in [-0.39, 0.29) is 19.0 Å². The van der Waals surface area contributed by atoms with Gasteiger partial charge in [-0.2, -0.15) is 12.7 Å². The van der Waals surface area contributed by atoms with Crippen molar-refractivity contribution in [2.75, 3.05) is 19.6 Å². The minimum absolute atomic E-state index is 0.0375. The second-order valence-corrected chi connectivity index (χ2v) is 6.95. The lowest BCUT2D eigenvalue weighted by molar-refractivity contribution is -0.146. The standard InChI is InChI=1S/C10H20N2O4S/c1-8(2)6-11-17(15,16)12-5-4-10(3,7-12)9(13)14/h8,11H,4-7H2,1-3H3,(H,13,14). The molecule has 0 aromatic carbocycles. The third-order valence-electron chi connectivity index (χ3n) is 2.97. The van der Waals surface area contributed by atoms with Crippen LogP contribution in [0.4, 0.5) is 0 Å². The molecule has 1 rings (SSSR count). The lowest BCUT2D eigenvalue weighted by Crippen LogP contribution is -2.42. The largest absolute Gasteiger partial charge is 0.481 e. The highest BCUT2D eigenvalue weighted by molar-refractivity contribution is 7.87. The fourth-order valence-corrected chi connectivity index (χ4v) is 3.17. The van der Waals surface area contributed by atoms with Gasteiger partial charge in [-0.05, 0) is 19.3 Å². The second-order valence-electron chi connectivity index (χ2n) is 5.20. The molecule has 1 aliphatic heterocycles. The summed E-state index contributed by atoms with van der Waals surface area (Å²) in [6, 6.07) is 0. The van der Waals surface area contributed by atoms with Crippen molar-refractivity contribution in [1.82, 2.24) is 9.03 Å². The van der Waals surface area contributed by atoms with Crippen LogP contribution in [0.15, 0.2) is 0 Å². The van der Waals surface area contributed by atoms with Gasteiger partial charge in [-0.1, -0.05) is 13.8 Å². The van der Waals surface area contributed by atoms with Gasteiger partial charge in [0.1, 0.15) is 0 Å². The Hall–Kier alpha value is -0.660. The van der Waals surface area contributed by atoms with E-state index >= 15 is 0 Å². The van der Waals surface area contributed by atoms with Gasteiger partial charge in [0, 0.05) is 19.6 Å². The van der Waals surface area contributed by atoms with E-state index < -0.39 is 21.6 Å². The molecule has 0 saturated carbocycles. The number of carboxylic acid groups (broad SMARTS) is 1. The smallest absolute Gasteiger partial charge is 0.310 e. The molecule has 1 aliphatic rings. The van der Waals surface area contributed by atoms with Crippen molar-refractivity contribution in [2.24, 2.45) is 11.3 Å². The lowest BCUT2D eigenvalue weighted by atomic mass is 9.90. The molecule has 0 amide bonds. The summed E-state index contributed by atoms with van der Waals surface area (Å²) < 4.78 is 27.4. The molecule has 0 bridgehead atoms. The number of hydrogen-bond acceptors (Lipinski definition) is 3. The first-order valence-electron chi connectivity index (χ1n) is 5.65. The third-order valence-corrected chi connectivity index (χ3v) is 4.49. The van der Waals surface area contributed by atoms with E-state index in [0.717, 1.165) is 0 Å². The van der Waals surface area contributed by atoms with Crippen LogP contribution in [0.3, 0.4) is 0 Å². The van der Waals surface area contributed by atoms with E-state index in [1.54, 1.807) is 6.92 Å². The predicted molar refractivity (Wildman–Crippen MR) is 63.7 cm³/mol. The van der Waals surface area contributed by atoms with E-state index in [1.165, 1.54) is 4.31 Å². The Bertz CT molecular complexity index is 393. The Morgan fingerprint density at radius 3 is 2.53 bits per heavy atom. The van der Waals surface area contributed by atoms with Gasteiger partial charge in [0.15, 0.2) is 0 Å². The van der Waals surface area contributed by atoms with Crippen LogP contribution in [0.5, 0.6) is 0 Å². The van der Waals surface area contributed by atoms with Gasteiger partial charge in [-0.15, -0.1) is 0 Å². The molecule has 1 fully saturated rings. The van der Waals surface area contributed by atoms with Crippen LogP contribution in [0, 0.1) is 11.3 Å². The summed E-state index contributed by atoms with van der Waals surface area (Å²) in [5, 5.41) is 9.03. The average molecular weight is 264 g/mol. The average Bonchev–Trinajstić information content (AvgIpc) is 2.60. The summed E-state index contributed by atoms with van der Waals surface area (Å²) in [5.74, 6) is -0.725. The molecular formula is C10H20N2O4S. The zero-order valence-electron chi connectivity index (χ0n) is 10.4. The molecule has 1 heterocycles. The highest BCUT2D eigenvalue weighted by atomic mass is 32.2. The molecule has 0 radical (unpaired) electrons. The summed E-state index contributed by atoms with van der Waals surface area (Å²) in [7, 11) is -3.54. The first-order valence-corrected chi connectivity index (χ1v) is 7.09. The van der Waals surface area contributed by atoms with Crippen LogP contribution in [-0.2, 0) is 15.0 Å². The quantitative estimate of drug-likeness (QED) is 0.746. The Balaban J connectivity index is 2.67. The number of carboxylic acids is 1. The van der Waals surface area contributed by atoms with Crippen LogP contribution in [0.25, 0.3) is 0 Å². The molecule has 1 unspecified atom stereocenters. The van der Waals surface area contributed by atoms with Crippen molar-refractivity contribution in [1.29, 1.82) is 0 Å². The monoisotopic (exact) mass is 264 g/mol. The summed E-state index contributed by atoms with van der Waals surface area (Å²) >= 11 is 0. The van der Waals surface area contributed by atoms with Gasteiger partial charge < -0.3 is 5.11 Å². The van der Waals surface area contributed by atoms with E-state index in [1.807, 2.05) is 13.8 Å². The maximum atomic E-state index is 11.9. The number of nitrogens with one attached hydrogen (secondary N) is 1. The number of aliphatic carboxylic acids is 1. The molecule has 100 valence electrons. The molecule has 1 saturated heterocycles. The van der Waals surface area contributed by atoms with Gasteiger partial charge in [-0.25, -0.2) is 4.72 Å². The normalized spacial score (nSPS) is 26.6. The zero-order chi connectivity index (χ0) is 13.3. The highest BCUT2D eigenvalue weighted by Gasteiger charge is 2.44. The summed E-state index contributed by atoms with van der Waals surface area (Å²) in [4.78, 5) is 11.0. The SMILES string of the molecule is CC(C)CNS(=O)(=O)N1CCC(C)(C(=O)O)C1. The van der Waals surface area contributed by atoms with Crippen molar-refractivity contribution in [3.8, 4) is 0 Å². The fraction of sp³-hybridized carbons (Fsp3) is 0.900. The highest BCUT2D eigenvalue weighted by Crippen LogP contribution is 2.31. The Morgan fingerprint density at radius 1 is 1.53 bits per heavy atom. The first-order chi connectivity index (χ1) is 7.67. The number of hydrogen-bond donors (Lipinski definition) is 2. The summed E-state index contributed by atoms with van der Waals surface area (Å²) in [5.41, 5.74) is -0.966. The van der Waals surface area contributed by atoms with E-state index in [9.17, 15) is 13.2 Å². The maximum Gasteiger partial charge on any atom is 0.310 e. The number of rotatable bonds is 5. The minimum atomic E-state index is -3.54. The van der Waals surface area contributed by atoms with Crippen LogP contribution in [-0.4, -0.2) is 43.4 Å². The fourth-order valence-electron chi connectivity index (χ4n) is 1.66. The second kappa shape index (κ2) is 4.91. The molecule has 0 aromatic rings. The molecule has 0 spiro atoms. The van der Waals surface area contributed by atoms with Crippen molar-refractivity contribution >= 4 is 16.2 Å². The van der Waals surface area contributed by atoms with Gasteiger partial charge in [0.2, 0.25) is 0 Å². The van der Waals surface area contributed by atoms with Crippen LogP contribution in [0.2, 0.25) is 0 Å². The van der Waals surface area contributed by atoms with E-state index in [0.29, 0.717) is 13.0 Å². The van der Waals surface area contributed by atoms with Crippen LogP contribution < -0.4 is 4.72 Å². The molecular weight excluding hydrogens is 244 g/mol. The van der Waals surface area contributed by atoms with Crippen molar-refractivity contribution in [3.05, 3.63) is 0 Å². The van der Waals surface area contributed by atoms with Crippen LogP contribution in [0.1, 0.15) is 27.2 Å². The van der Waals surface area contributed by atoms with E-state index in [2.05, 4.69) is 4.72 Å². The maximum absolute atomic E-state index is 11.9. The Labute approximate surface area is 102 Å². The van der Waals surface area contributed by atoms with Crippen molar-refractivity contribution in [3.63, 3.8) is 0 Å². The summed E-state index contributed by atoms with van der Waals surface area (Å²) in [6.07, 6.45) is 0.352. The molecule has 17 heavy (non-hydrogen) atoms. The third kappa shape index (κ3) is 3.40. The Morgan fingerprint density at radius 2 is 2.12 bits per heavy atom. The molecule has 6 nitrogen and oxygen atoms in total. The first kappa shape index (κ1) is 14.4. The molecule has 2 N–H and O–H groups in total. The number of carbonyl (C=O) groups is 1. The van der Waals surface area contributed by atoms with Crippen molar-refractivity contribution < 1.29 is 18.3 Å². The lowest BCUT2D eigenvalue weighted by Gasteiger charge is -2.20. The molecule has 0 aliphatic carbocycles. The zero-order valence-corrected chi connectivity index (χ0v) is 11.2. The topological polar surface area (TPSA) is 86.7 Å². The minimum Gasteiger partial charge on any atom is -0.481 e. The molecule has 1 atom stereocenters. The van der Waals surface area contributed by atoms with Gasteiger partial charge in [0.05, 0.1) is 5.41 Å². The van der Waals surface area contributed by atoms with Gasteiger partial charge >= 0.3 is 5.97 Å². The van der Waals surface area contributed by atoms with Gasteiger partial charge in [0.25, 0.3) is 10.2 Å². The number of nitrogens with zero attached hydrogens (tertiary/aromatic N) is 1. The van der Waals surface area contributed by atoms with Crippen molar-refractivity contribution in [2.45, 2.75) is 27.2 Å².